The van der Waals surface area contributed by atoms with Crippen molar-refractivity contribution in [1.82, 2.24) is 4.90 Å². The fraction of sp³-hybridized carbons (Fsp3) is 0.308. The molecule has 1 heterocycles. The Bertz CT molecular complexity index is 928. The van der Waals surface area contributed by atoms with Crippen LogP contribution in [0.2, 0.25) is 0 Å². The van der Waals surface area contributed by atoms with Gasteiger partial charge < -0.3 is 14.2 Å². The fourth-order valence-corrected chi connectivity index (χ4v) is 3.83. The van der Waals surface area contributed by atoms with E-state index >= 15 is 0 Å². The van der Waals surface area contributed by atoms with Crippen LogP contribution in [-0.2, 0) is 17.7 Å². The first-order valence-corrected chi connectivity index (χ1v) is 10.7. The highest BCUT2D eigenvalue weighted by atomic mass is 16.5. The van der Waals surface area contributed by atoms with Crippen molar-refractivity contribution in [3.05, 3.63) is 90.0 Å². The molecular weight excluding hydrogens is 374 g/mol. The van der Waals surface area contributed by atoms with Gasteiger partial charge in [0, 0.05) is 26.1 Å². The smallest absolute Gasteiger partial charge is 0.169 e. The zero-order valence-corrected chi connectivity index (χ0v) is 17.5. The zero-order valence-electron chi connectivity index (χ0n) is 17.5. The average Bonchev–Trinajstić information content (AvgIpc) is 2.78. The summed E-state index contributed by atoms with van der Waals surface area (Å²) in [5.74, 6) is 2.35. The first-order valence-electron chi connectivity index (χ1n) is 10.7. The first-order chi connectivity index (χ1) is 14.8. The lowest BCUT2D eigenvalue weighted by Gasteiger charge is -2.33. The van der Waals surface area contributed by atoms with E-state index in [0.717, 1.165) is 55.5 Å². The molecule has 1 saturated heterocycles. The maximum absolute atomic E-state index is 6.26. The van der Waals surface area contributed by atoms with Crippen LogP contribution in [0.5, 0.6) is 17.2 Å². The van der Waals surface area contributed by atoms with E-state index < -0.39 is 0 Å². The number of hydrogen-bond donors (Lipinski definition) is 0. The summed E-state index contributed by atoms with van der Waals surface area (Å²) in [7, 11) is 0. The van der Waals surface area contributed by atoms with E-state index in [1.807, 2.05) is 43.3 Å². The molecule has 3 aromatic rings. The molecule has 0 amide bonds. The molecule has 0 spiro atoms. The molecule has 0 radical (unpaired) electrons. The SMILES string of the molecule is CCOc1ccccc1Oc1ccccc1C[C@H]1CN(Cc2ccccc2)CCO1. The van der Waals surface area contributed by atoms with Crippen molar-refractivity contribution in [2.75, 3.05) is 26.3 Å². The lowest BCUT2D eigenvalue weighted by atomic mass is 10.0. The minimum Gasteiger partial charge on any atom is -0.490 e. The lowest BCUT2D eigenvalue weighted by molar-refractivity contribution is -0.0306. The zero-order chi connectivity index (χ0) is 20.6. The van der Waals surface area contributed by atoms with Gasteiger partial charge in [-0.25, -0.2) is 0 Å². The molecule has 0 N–H and O–H groups in total. The second-order valence-corrected chi connectivity index (χ2v) is 7.51. The predicted molar refractivity (Wildman–Crippen MR) is 119 cm³/mol. The van der Waals surface area contributed by atoms with Gasteiger partial charge in [0.1, 0.15) is 5.75 Å². The van der Waals surface area contributed by atoms with Gasteiger partial charge in [-0.3, -0.25) is 4.90 Å². The Balaban J connectivity index is 1.44. The van der Waals surface area contributed by atoms with E-state index in [2.05, 4.69) is 47.4 Å². The molecule has 1 aliphatic heterocycles. The Kier molecular flexibility index (Phi) is 7.01. The number of hydrogen-bond acceptors (Lipinski definition) is 4. The molecule has 4 heteroatoms. The highest BCUT2D eigenvalue weighted by Crippen LogP contribution is 2.33. The van der Waals surface area contributed by atoms with Crippen LogP contribution in [0.1, 0.15) is 18.1 Å². The number of nitrogens with zero attached hydrogens (tertiary/aromatic N) is 1. The highest BCUT2D eigenvalue weighted by Gasteiger charge is 2.22. The van der Waals surface area contributed by atoms with Gasteiger partial charge in [-0.2, -0.15) is 0 Å². The van der Waals surface area contributed by atoms with Gasteiger partial charge in [0.05, 0.1) is 19.3 Å². The van der Waals surface area contributed by atoms with Crippen molar-refractivity contribution in [1.29, 1.82) is 0 Å². The van der Waals surface area contributed by atoms with Crippen LogP contribution in [0, 0.1) is 0 Å². The molecule has 4 rings (SSSR count). The summed E-state index contributed by atoms with van der Waals surface area (Å²) in [5, 5.41) is 0. The quantitative estimate of drug-likeness (QED) is 0.509. The van der Waals surface area contributed by atoms with Crippen molar-refractivity contribution in [3.8, 4) is 17.2 Å². The molecule has 0 aliphatic carbocycles. The molecule has 156 valence electrons. The number of rotatable bonds is 8. The second kappa shape index (κ2) is 10.3. The molecule has 1 atom stereocenters. The topological polar surface area (TPSA) is 30.9 Å². The minimum absolute atomic E-state index is 0.148. The molecule has 1 aliphatic rings. The van der Waals surface area contributed by atoms with Crippen molar-refractivity contribution < 1.29 is 14.2 Å². The van der Waals surface area contributed by atoms with Crippen LogP contribution in [-0.4, -0.2) is 37.3 Å². The van der Waals surface area contributed by atoms with Crippen LogP contribution in [0.15, 0.2) is 78.9 Å². The van der Waals surface area contributed by atoms with Crippen LogP contribution in [0.4, 0.5) is 0 Å². The van der Waals surface area contributed by atoms with Gasteiger partial charge in [-0.15, -0.1) is 0 Å². The Labute approximate surface area is 179 Å². The Morgan fingerprint density at radius 1 is 0.867 bits per heavy atom. The molecule has 0 bridgehead atoms. The van der Waals surface area contributed by atoms with Gasteiger partial charge in [0.2, 0.25) is 0 Å². The van der Waals surface area contributed by atoms with Crippen molar-refractivity contribution in [3.63, 3.8) is 0 Å². The number of para-hydroxylation sites is 3. The van der Waals surface area contributed by atoms with Crippen LogP contribution in [0.3, 0.4) is 0 Å². The van der Waals surface area contributed by atoms with Crippen molar-refractivity contribution in [2.45, 2.75) is 26.0 Å². The highest BCUT2D eigenvalue weighted by molar-refractivity contribution is 5.45. The van der Waals surface area contributed by atoms with Crippen molar-refractivity contribution >= 4 is 0 Å². The summed E-state index contributed by atoms with van der Waals surface area (Å²) in [6.45, 7) is 6.18. The van der Waals surface area contributed by atoms with Crippen molar-refractivity contribution in [2.24, 2.45) is 0 Å². The number of benzene rings is 3. The second-order valence-electron chi connectivity index (χ2n) is 7.51. The Morgan fingerprint density at radius 2 is 1.57 bits per heavy atom. The maximum Gasteiger partial charge on any atom is 0.169 e. The maximum atomic E-state index is 6.26. The summed E-state index contributed by atoms with van der Waals surface area (Å²) < 4.78 is 18.1. The van der Waals surface area contributed by atoms with Gasteiger partial charge in [-0.1, -0.05) is 60.7 Å². The van der Waals surface area contributed by atoms with E-state index in [1.165, 1.54) is 5.56 Å². The third-order valence-corrected chi connectivity index (χ3v) is 5.26. The summed E-state index contributed by atoms with van der Waals surface area (Å²) in [4.78, 5) is 2.47. The predicted octanol–water partition coefficient (Wildman–Crippen LogP) is 5.32. The molecule has 30 heavy (non-hydrogen) atoms. The van der Waals surface area contributed by atoms with E-state index in [9.17, 15) is 0 Å². The minimum atomic E-state index is 0.148. The van der Waals surface area contributed by atoms with Gasteiger partial charge in [0.15, 0.2) is 11.5 Å². The van der Waals surface area contributed by atoms with Gasteiger partial charge in [-0.05, 0) is 36.2 Å². The molecule has 0 aromatic heterocycles. The summed E-state index contributed by atoms with van der Waals surface area (Å²) in [5.41, 5.74) is 2.49. The molecular formula is C26H29NO3. The first kappa shape index (κ1) is 20.5. The number of ether oxygens (including phenoxy) is 3. The number of morpholine rings is 1. The average molecular weight is 404 g/mol. The standard InChI is InChI=1S/C26H29NO3/c1-2-28-25-14-8-9-15-26(25)30-24-13-7-6-12-22(24)18-23-20-27(16-17-29-23)19-21-10-4-3-5-11-21/h3-15,23H,2,16-20H2,1H3/t23-/m0/s1. The largest absolute Gasteiger partial charge is 0.490 e. The third-order valence-electron chi connectivity index (χ3n) is 5.26. The Hall–Kier alpha value is -2.82. The third kappa shape index (κ3) is 5.41. The normalized spacial score (nSPS) is 16.9. The summed E-state index contributed by atoms with van der Waals surface area (Å²) in [6.07, 6.45) is 0.965. The molecule has 1 fully saturated rings. The van der Waals surface area contributed by atoms with E-state index in [4.69, 9.17) is 14.2 Å². The lowest BCUT2D eigenvalue weighted by Crippen LogP contribution is -2.42. The molecule has 3 aromatic carbocycles. The van der Waals surface area contributed by atoms with Crippen LogP contribution < -0.4 is 9.47 Å². The molecule has 0 saturated carbocycles. The summed E-state index contributed by atoms with van der Waals surface area (Å²) in [6, 6.07) is 26.6. The summed E-state index contributed by atoms with van der Waals surface area (Å²) >= 11 is 0. The van der Waals surface area contributed by atoms with E-state index in [1.54, 1.807) is 0 Å². The van der Waals surface area contributed by atoms with E-state index in [-0.39, 0.29) is 6.10 Å². The van der Waals surface area contributed by atoms with Gasteiger partial charge in [0.25, 0.3) is 0 Å². The van der Waals surface area contributed by atoms with E-state index in [0.29, 0.717) is 6.61 Å². The van der Waals surface area contributed by atoms with Gasteiger partial charge >= 0.3 is 0 Å². The monoisotopic (exact) mass is 403 g/mol. The van der Waals surface area contributed by atoms with Crippen LogP contribution in [0.25, 0.3) is 0 Å². The fourth-order valence-electron chi connectivity index (χ4n) is 3.83. The van der Waals surface area contributed by atoms with Crippen LogP contribution >= 0.6 is 0 Å². The molecule has 0 unspecified atom stereocenters. The Morgan fingerprint density at radius 3 is 2.37 bits per heavy atom. The molecule has 4 nitrogen and oxygen atoms in total.